The van der Waals surface area contributed by atoms with Crippen molar-refractivity contribution >= 4 is 93.3 Å². The maximum atomic E-state index is 6.81. The first-order valence-electron chi connectivity index (χ1n) is 21.5. The largest absolute Gasteiger partial charge is 0.456 e. The molecule has 63 heavy (non-hydrogen) atoms. The molecule has 0 aliphatic heterocycles. The van der Waals surface area contributed by atoms with E-state index >= 15 is 0 Å². The van der Waals surface area contributed by atoms with Gasteiger partial charge in [-0.15, -0.1) is 0 Å². The average Bonchev–Trinajstić information content (AvgIpc) is 3.91. The summed E-state index contributed by atoms with van der Waals surface area (Å²) in [5.41, 5.74) is 13.4. The van der Waals surface area contributed by atoms with E-state index in [4.69, 9.17) is 8.83 Å². The monoisotopic (exact) mass is 803 g/mol. The van der Waals surface area contributed by atoms with E-state index in [2.05, 4.69) is 217 Å². The van der Waals surface area contributed by atoms with Gasteiger partial charge in [0.2, 0.25) is 0 Å². The second kappa shape index (κ2) is 14.1. The van der Waals surface area contributed by atoms with E-state index < -0.39 is 0 Å². The van der Waals surface area contributed by atoms with Gasteiger partial charge in [-0.25, -0.2) is 0 Å². The van der Waals surface area contributed by atoms with Gasteiger partial charge in [-0.1, -0.05) is 164 Å². The molecule has 13 aromatic rings. The summed E-state index contributed by atoms with van der Waals surface area (Å²) < 4.78 is 13.1. The van der Waals surface area contributed by atoms with Crippen molar-refractivity contribution in [2.75, 3.05) is 4.90 Å². The van der Waals surface area contributed by atoms with Crippen LogP contribution in [0.25, 0.3) is 110 Å². The first-order valence-corrected chi connectivity index (χ1v) is 21.5. The Morgan fingerprint density at radius 1 is 0.270 bits per heavy atom. The summed E-state index contributed by atoms with van der Waals surface area (Å²) in [5, 5.41) is 11.9. The molecule has 0 radical (unpaired) electrons. The molecule has 0 aliphatic carbocycles. The smallest absolute Gasteiger partial charge is 0.143 e. The number of fused-ring (bicyclic) bond motifs is 10. The SMILES string of the molecule is c1ccc(N(c2ccc(-c3ccc4c(c3)oc3ccccc34)cc2)c2ccc(-c3cccc4c3ccc3ccccc34)cc2)c(-c2cccc3c2oc2cc4ccccc4cc23)c1. The van der Waals surface area contributed by atoms with Crippen LogP contribution < -0.4 is 4.90 Å². The Morgan fingerprint density at radius 2 is 0.841 bits per heavy atom. The van der Waals surface area contributed by atoms with Crippen LogP contribution in [0.4, 0.5) is 17.1 Å². The highest BCUT2D eigenvalue weighted by Gasteiger charge is 2.21. The Kier molecular flexibility index (Phi) is 7.91. The summed E-state index contributed by atoms with van der Waals surface area (Å²) in [5.74, 6) is 0. The molecule has 3 nitrogen and oxygen atoms in total. The third-order valence-electron chi connectivity index (χ3n) is 12.9. The third-order valence-corrected chi connectivity index (χ3v) is 12.9. The molecule has 0 atom stereocenters. The van der Waals surface area contributed by atoms with Gasteiger partial charge >= 0.3 is 0 Å². The number of hydrogen-bond donors (Lipinski definition) is 0. The van der Waals surface area contributed by atoms with Crippen LogP contribution in [0, 0.1) is 0 Å². The second-order valence-electron chi connectivity index (χ2n) is 16.4. The van der Waals surface area contributed by atoms with E-state index in [1.807, 2.05) is 12.1 Å². The summed E-state index contributed by atoms with van der Waals surface area (Å²) >= 11 is 0. The highest BCUT2D eigenvalue weighted by atomic mass is 16.3. The molecule has 0 spiro atoms. The van der Waals surface area contributed by atoms with Crippen molar-refractivity contribution in [1.29, 1.82) is 0 Å². The van der Waals surface area contributed by atoms with Crippen molar-refractivity contribution in [1.82, 2.24) is 0 Å². The fourth-order valence-electron chi connectivity index (χ4n) is 9.81. The van der Waals surface area contributed by atoms with Gasteiger partial charge in [0.25, 0.3) is 0 Å². The molecule has 0 saturated carbocycles. The minimum atomic E-state index is 0.880. The number of furan rings is 2. The Morgan fingerprint density at radius 3 is 1.67 bits per heavy atom. The van der Waals surface area contributed by atoms with E-state index in [1.54, 1.807) is 0 Å². The molecule has 13 rings (SSSR count). The lowest BCUT2D eigenvalue weighted by Gasteiger charge is -2.28. The normalized spacial score (nSPS) is 11.8. The molecule has 0 fully saturated rings. The zero-order valence-electron chi connectivity index (χ0n) is 34.1. The highest BCUT2D eigenvalue weighted by molar-refractivity contribution is 6.15. The average molecular weight is 804 g/mol. The zero-order chi connectivity index (χ0) is 41.4. The van der Waals surface area contributed by atoms with Crippen molar-refractivity contribution in [3.05, 3.63) is 224 Å². The van der Waals surface area contributed by atoms with Crippen LogP contribution in [0.15, 0.2) is 233 Å². The van der Waals surface area contributed by atoms with Crippen molar-refractivity contribution < 1.29 is 8.83 Å². The van der Waals surface area contributed by atoms with Crippen LogP contribution in [-0.4, -0.2) is 0 Å². The molecular weight excluding hydrogens is 767 g/mol. The molecule has 11 aromatic carbocycles. The number of anilines is 3. The van der Waals surface area contributed by atoms with Crippen molar-refractivity contribution in [3.63, 3.8) is 0 Å². The van der Waals surface area contributed by atoms with Crippen LogP contribution in [0.1, 0.15) is 0 Å². The van der Waals surface area contributed by atoms with Gasteiger partial charge in [0.15, 0.2) is 0 Å². The van der Waals surface area contributed by atoms with E-state index in [1.165, 1.54) is 43.4 Å². The quantitative estimate of drug-likeness (QED) is 0.157. The van der Waals surface area contributed by atoms with Crippen molar-refractivity contribution in [2.45, 2.75) is 0 Å². The molecule has 0 bridgehead atoms. The Labute approximate surface area is 363 Å². The predicted molar refractivity (Wildman–Crippen MR) is 265 cm³/mol. The van der Waals surface area contributed by atoms with Crippen molar-refractivity contribution in [2.24, 2.45) is 0 Å². The highest BCUT2D eigenvalue weighted by Crippen LogP contribution is 2.46. The molecule has 3 heteroatoms. The molecule has 0 amide bonds. The fourth-order valence-corrected chi connectivity index (χ4v) is 9.81. The summed E-state index contributed by atoms with van der Waals surface area (Å²) in [6.45, 7) is 0. The van der Waals surface area contributed by atoms with Gasteiger partial charge < -0.3 is 13.7 Å². The molecule has 0 aliphatic rings. The fraction of sp³-hybridized carbons (Fsp3) is 0. The van der Waals surface area contributed by atoms with E-state index in [0.29, 0.717) is 0 Å². The van der Waals surface area contributed by atoms with Crippen LogP contribution in [0.2, 0.25) is 0 Å². The molecule has 0 saturated heterocycles. The number of benzene rings is 11. The molecule has 0 N–H and O–H groups in total. The van der Waals surface area contributed by atoms with Gasteiger partial charge in [-0.2, -0.15) is 0 Å². The maximum Gasteiger partial charge on any atom is 0.143 e. The Balaban J connectivity index is 0.959. The van der Waals surface area contributed by atoms with Gasteiger partial charge in [0.05, 0.1) is 5.69 Å². The lowest BCUT2D eigenvalue weighted by atomic mass is 9.94. The third kappa shape index (κ3) is 5.75. The zero-order valence-corrected chi connectivity index (χ0v) is 34.1. The molecule has 2 heterocycles. The van der Waals surface area contributed by atoms with Gasteiger partial charge in [0.1, 0.15) is 22.3 Å². The molecule has 2 aromatic heterocycles. The second-order valence-corrected chi connectivity index (χ2v) is 16.4. The molecule has 0 unspecified atom stereocenters. The van der Waals surface area contributed by atoms with Crippen LogP contribution in [0.3, 0.4) is 0 Å². The number of rotatable bonds is 6. The van der Waals surface area contributed by atoms with Crippen molar-refractivity contribution in [3.8, 4) is 33.4 Å². The first kappa shape index (κ1) is 35.4. The van der Waals surface area contributed by atoms with E-state index in [0.717, 1.165) is 83.2 Å². The lowest BCUT2D eigenvalue weighted by Crippen LogP contribution is -2.11. The van der Waals surface area contributed by atoms with Gasteiger partial charge in [0, 0.05) is 44.0 Å². The molecular formula is C60H37NO2. The lowest BCUT2D eigenvalue weighted by molar-refractivity contribution is 0.669. The summed E-state index contributed by atoms with van der Waals surface area (Å²) in [6.07, 6.45) is 0. The minimum absolute atomic E-state index is 0.880. The van der Waals surface area contributed by atoms with Gasteiger partial charge in [-0.3, -0.25) is 0 Å². The minimum Gasteiger partial charge on any atom is -0.456 e. The van der Waals surface area contributed by atoms with Crippen LogP contribution in [0.5, 0.6) is 0 Å². The summed E-state index contributed by atoms with van der Waals surface area (Å²) in [6, 6.07) is 80.5. The number of hydrogen-bond acceptors (Lipinski definition) is 3. The number of para-hydroxylation sites is 3. The first-order chi connectivity index (χ1) is 31.2. The molecule has 294 valence electrons. The maximum absolute atomic E-state index is 6.81. The van der Waals surface area contributed by atoms with E-state index in [-0.39, 0.29) is 0 Å². The Bertz CT molecular complexity index is 3910. The Hall–Kier alpha value is -8.40. The summed E-state index contributed by atoms with van der Waals surface area (Å²) in [7, 11) is 0. The topological polar surface area (TPSA) is 29.5 Å². The van der Waals surface area contributed by atoms with Crippen LogP contribution >= 0.6 is 0 Å². The summed E-state index contributed by atoms with van der Waals surface area (Å²) in [4.78, 5) is 2.37. The predicted octanol–water partition coefficient (Wildman–Crippen LogP) is 17.4. The number of nitrogens with zero attached hydrogens (tertiary/aromatic N) is 1. The van der Waals surface area contributed by atoms with E-state index in [9.17, 15) is 0 Å². The van der Waals surface area contributed by atoms with Crippen LogP contribution in [-0.2, 0) is 0 Å². The van der Waals surface area contributed by atoms with Gasteiger partial charge in [-0.05, 0) is 115 Å². The standard InChI is InChI=1S/C60H37NO2/c1-2-13-42-36-59-55(35-41(42)12-1)54-20-10-19-53(60(54)63-59)50-15-5-7-21-56(50)61(44-29-23-38(24-30-44)43-28-34-52-51-16-6-8-22-57(51)62-58(52)37-43)45-31-25-40(26-32-45)47-17-9-18-48-46-14-4-3-11-39(46)27-33-49(47)48/h1-37H.